The summed E-state index contributed by atoms with van der Waals surface area (Å²) in [4.78, 5) is 24.3. The Labute approximate surface area is 98.6 Å². The molecule has 1 aromatic rings. The molecule has 2 rings (SSSR count). The highest BCUT2D eigenvalue weighted by molar-refractivity contribution is 5.96. The fraction of sp³-hybridized carbons (Fsp3) is 0.333. The number of para-hydroxylation sites is 1. The van der Waals surface area contributed by atoms with Gasteiger partial charge in [0.1, 0.15) is 6.04 Å². The van der Waals surface area contributed by atoms with E-state index >= 15 is 0 Å². The van der Waals surface area contributed by atoms with E-state index in [0.29, 0.717) is 18.7 Å². The molecule has 1 atom stereocenters. The molecule has 5 nitrogen and oxygen atoms in total. The van der Waals surface area contributed by atoms with E-state index in [2.05, 4.69) is 4.74 Å². The van der Waals surface area contributed by atoms with Gasteiger partial charge < -0.3 is 14.7 Å². The first-order valence-electron chi connectivity index (χ1n) is 5.32. The first-order chi connectivity index (χ1) is 8.15. The normalized spacial score (nSPS) is 18.4. The number of ether oxygens (including phenoxy) is 1. The number of methoxy groups -OCH3 is 1. The summed E-state index contributed by atoms with van der Waals surface area (Å²) in [5.74, 6) is -1.31. The number of carboxylic acid groups (broad SMARTS) is 1. The number of hydrogen-bond donors (Lipinski definition) is 1. The van der Waals surface area contributed by atoms with Crippen molar-refractivity contribution in [2.45, 2.75) is 12.5 Å². The summed E-state index contributed by atoms with van der Waals surface area (Å²) in [5, 5.41) is 9.07. The molecule has 0 amide bonds. The molecule has 1 N–H and O–H groups in total. The van der Waals surface area contributed by atoms with E-state index in [1.54, 1.807) is 23.1 Å². The van der Waals surface area contributed by atoms with Gasteiger partial charge in [-0.2, -0.15) is 0 Å². The van der Waals surface area contributed by atoms with E-state index < -0.39 is 5.97 Å². The van der Waals surface area contributed by atoms with Crippen molar-refractivity contribution >= 4 is 17.6 Å². The number of carboxylic acids is 1. The van der Waals surface area contributed by atoms with Gasteiger partial charge in [-0.15, -0.1) is 0 Å². The number of benzene rings is 1. The van der Waals surface area contributed by atoms with Gasteiger partial charge in [0.05, 0.1) is 18.4 Å². The van der Waals surface area contributed by atoms with Gasteiger partial charge in [0.25, 0.3) is 0 Å². The smallest absolute Gasteiger partial charge is 0.337 e. The van der Waals surface area contributed by atoms with E-state index in [-0.39, 0.29) is 17.6 Å². The zero-order valence-corrected chi connectivity index (χ0v) is 9.42. The molecule has 90 valence electrons. The molecule has 5 heteroatoms. The quantitative estimate of drug-likeness (QED) is 0.796. The fourth-order valence-electron chi connectivity index (χ4n) is 1.96. The van der Waals surface area contributed by atoms with Crippen LogP contribution in [0.2, 0.25) is 0 Å². The second-order valence-electron chi connectivity index (χ2n) is 3.84. The Morgan fingerprint density at radius 3 is 2.65 bits per heavy atom. The summed E-state index contributed by atoms with van der Waals surface area (Å²) in [6.45, 7) is 0.671. The molecule has 17 heavy (non-hydrogen) atoms. The standard InChI is InChI=1S/C12H13NO4/c1-17-12(16)10-6-7-13(10)9-5-3-2-4-8(9)11(14)15/h2-5,10H,6-7H2,1H3,(H,14,15). The van der Waals surface area contributed by atoms with Crippen LogP contribution in [0.4, 0.5) is 5.69 Å². The molecular weight excluding hydrogens is 222 g/mol. The fourth-order valence-corrected chi connectivity index (χ4v) is 1.96. The summed E-state index contributed by atoms with van der Waals surface area (Å²) >= 11 is 0. The maximum absolute atomic E-state index is 11.4. The molecule has 1 aromatic carbocycles. The lowest BCUT2D eigenvalue weighted by Gasteiger charge is -2.41. The number of carbonyl (C=O) groups is 2. The SMILES string of the molecule is COC(=O)C1CCN1c1ccccc1C(=O)O. The maximum Gasteiger partial charge on any atom is 0.337 e. The highest BCUT2D eigenvalue weighted by atomic mass is 16.5. The summed E-state index contributed by atoms with van der Waals surface area (Å²) in [5.41, 5.74) is 0.780. The molecule has 0 radical (unpaired) electrons. The molecule has 1 unspecified atom stereocenters. The largest absolute Gasteiger partial charge is 0.478 e. The Kier molecular flexibility index (Phi) is 2.99. The Morgan fingerprint density at radius 2 is 2.12 bits per heavy atom. The van der Waals surface area contributed by atoms with Crippen molar-refractivity contribution in [2.75, 3.05) is 18.6 Å². The highest BCUT2D eigenvalue weighted by Gasteiger charge is 2.36. The molecule has 1 fully saturated rings. The van der Waals surface area contributed by atoms with Gasteiger partial charge in [-0.1, -0.05) is 12.1 Å². The Hall–Kier alpha value is -2.04. The predicted molar refractivity (Wildman–Crippen MR) is 61.2 cm³/mol. The summed E-state index contributed by atoms with van der Waals surface area (Å²) in [6.07, 6.45) is 0.695. The van der Waals surface area contributed by atoms with Gasteiger partial charge in [-0.3, -0.25) is 0 Å². The van der Waals surface area contributed by atoms with Crippen LogP contribution in [0.3, 0.4) is 0 Å². The molecule has 0 aliphatic carbocycles. The highest BCUT2D eigenvalue weighted by Crippen LogP contribution is 2.30. The molecule has 1 aliphatic heterocycles. The molecule has 0 aromatic heterocycles. The molecule has 1 aliphatic rings. The van der Waals surface area contributed by atoms with Crippen LogP contribution in [0.5, 0.6) is 0 Å². The van der Waals surface area contributed by atoms with Crippen LogP contribution in [0.15, 0.2) is 24.3 Å². The molecular formula is C12H13NO4. The lowest BCUT2D eigenvalue weighted by Crippen LogP contribution is -2.53. The number of esters is 1. The minimum atomic E-state index is -0.990. The Balaban J connectivity index is 2.29. The van der Waals surface area contributed by atoms with Crippen LogP contribution in [0, 0.1) is 0 Å². The maximum atomic E-state index is 11.4. The zero-order valence-electron chi connectivity index (χ0n) is 9.42. The summed E-state index contributed by atoms with van der Waals surface area (Å²) in [7, 11) is 1.34. The zero-order chi connectivity index (χ0) is 12.4. The van der Waals surface area contributed by atoms with Crippen molar-refractivity contribution in [1.29, 1.82) is 0 Å². The van der Waals surface area contributed by atoms with Gasteiger partial charge >= 0.3 is 11.9 Å². The third-order valence-corrected chi connectivity index (χ3v) is 2.94. The van der Waals surface area contributed by atoms with E-state index in [9.17, 15) is 9.59 Å². The number of rotatable bonds is 3. The van der Waals surface area contributed by atoms with Crippen molar-refractivity contribution in [3.05, 3.63) is 29.8 Å². The van der Waals surface area contributed by atoms with Crippen molar-refractivity contribution < 1.29 is 19.4 Å². The average molecular weight is 235 g/mol. The molecule has 1 heterocycles. The lowest BCUT2D eigenvalue weighted by atomic mass is 10.00. The van der Waals surface area contributed by atoms with Crippen molar-refractivity contribution in [3.8, 4) is 0 Å². The summed E-state index contributed by atoms with van der Waals surface area (Å²) in [6, 6.07) is 6.30. The third kappa shape index (κ3) is 1.95. The average Bonchev–Trinajstić information content (AvgIpc) is 2.28. The van der Waals surface area contributed by atoms with Gasteiger partial charge in [0.2, 0.25) is 0 Å². The van der Waals surface area contributed by atoms with Gasteiger partial charge in [0.15, 0.2) is 0 Å². The van der Waals surface area contributed by atoms with Crippen LogP contribution in [0.1, 0.15) is 16.8 Å². The first kappa shape index (κ1) is 11.4. The molecule has 1 saturated heterocycles. The van der Waals surface area contributed by atoms with Gasteiger partial charge in [0, 0.05) is 6.54 Å². The lowest BCUT2D eigenvalue weighted by molar-refractivity contribution is -0.143. The molecule has 0 spiro atoms. The van der Waals surface area contributed by atoms with E-state index in [0.717, 1.165) is 0 Å². The van der Waals surface area contributed by atoms with Crippen molar-refractivity contribution in [1.82, 2.24) is 0 Å². The molecule has 0 bridgehead atoms. The number of nitrogens with zero attached hydrogens (tertiary/aromatic N) is 1. The minimum Gasteiger partial charge on any atom is -0.478 e. The van der Waals surface area contributed by atoms with Crippen LogP contribution in [0.25, 0.3) is 0 Å². The third-order valence-electron chi connectivity index (χ3n) is 2.94. The number of hydrogen-bond acceptors (Lipinski definition) is 4. The first-order valence-corrected chi connectivity index (χ1v) is 5.32. The van der Waals surface area contributed by atoms with Crippen LogP contribution < -0.4 is 4.90 Å². The number of anilines is 1. The molecule has 0 saturated carbocycles. The summed E-state index contributed by atoms with van der Waals surface area (Å²) < 4.78 is 4.68. The van der Waals surface area contributed by atoms with Gasteiger partial charge in [-0.25, -0.2) is 9.59 Å². The second kappa shape index (κ2) is 4.45. The minimum absolute atomic E-state index is 0.209. The van der Waals surface area contributed by atoms with Gasteiger partial charge in [-0.05, 0) is 18.6 Å². The van der Waals surface area contributed by atoms with Crippen molar-refractivity contribution in [2.24, 2.45) is 0 Å². The number of carbonyl (C=O) groups excluding carboxylic acids is 1. The topological polar surface area (TPSA) is 66.8 Å². The monoisotopic (exact) mass is 235 g/mol. The van der Waals surface area contributed by atoms with Crippen LogP contribution in [-0.2, 0) is 9.53 Å². The number of aromatic carboxylic acids is 1. The predicted octanol–water partition coefficient (Wildman–Crippen LogP) is 1.14. The van der Waals surface area contributed by atoms with E-state index in [4.69, 9.17) is 5.11 Å². The Bertz CT molecular complexity index is 458. The second-order valence-corrected chi connectivity index (χ2v) is 3.84. The van der Waals surface area contributed by atoms with Crippen molar-refractivity contribution in [3.63, 3.8) is 0 Å². The van der Waals surface area contributed by atoms with E-state index in [1.165, 1.54) is 13.2 Å². The van der Waals surface area contributed by atoms with E-state index in [1.807, 2.05) is 0 Å². The van der Waals surface area contributed by atoms with Crippen LogP contribution in [-0.4, -0.2) is 36.7 Å². The Morgan fingerprint density at radius 1 is 1.41 bits per heavy atom. The van der Waals surface area contributed by atoms with Crippen LogP contribution >= 0.6 is 0 Å².